The molecule has 6 heteroatoms. The number of benzene rings is 4. The molecule has 1 aliphatic heterocycles. The predicted molar refractivity (Wildman–Crippen MR) is 136 cm³/mol. The van der Waals surface area contributed by atoms with Crippen molar-refractivity contribution < 1.29 is 19.0 Å². The first-order chi connectivity index (χ1) is 16.6. The summed E-state index contributed by atoms with van der Waals surface area (Å²) in [5, 5.41) is 2.15. The highest BCUT2D eigenvalue weighted by atomic mass is 79.9. The van der Waals surface area contributed by atoms with E-state index in [1.807, 2.05) is 84.9 Å². The zero-order chi connectivity index (χ0) is 23.5. The van der Waals surface area contributed by atoms with Crippen LogP contribution in [0.5, 0.6) is 11.5 Å². The number of fused-ring (bicyclic) bond motifs is 1. The summed E-state index contributed by atoms with van der Waals surface area (Å²) in [7, 11) is 1.58. The second kappa shape index (κ2) is 9.53. The van der Waals surface area contributed by atoms with Crippen LogP contribution in [0.3, 0.4) is 0 Å². The smallest absolute Gasteiger partial charge is 0.363 e. The minimum absolute atomic E-state index is 0.196. The zero-order valence-corrected chi connectivity index (χ0v) is 19.9. The van der Waals surface area contributed by atoms with E-state index in [0.717, 1.165) is 26.4 Å². The van der Waals surface area contributed by atoms with E-state index < -0.39 is 5.97 Å². The van der Waals surface area contributed by atoms with Gasteiger partial charge in [-0.3, -0.25) is 0 Å². The van der Waals surface area contributed by atoms with Crippen molar-refractivity contribution in [1.82, 2.24) is 0 Å². The van der Waals surface area contributed by atoms with Crippen LogP contribution in [0.4, 0.5) is 0 Å². The minimum atomic E-state index is -0.511. The largest absolute Gasteiger partial charge is 0.493 e. The number of carbonyl (C=O) groups excluding carboxylic acids is 1. The third kappa shape index (κ3) is 4.45. The first-order valence-corrected chi connectivity index (χ1v) is 11.5. The second-order valence-electron chi connectivity index (χ2n) is 7.66. The molecule has 34 heavy (non-hydrogen) atoms. The molecule has 0 radical (unpaired) electrons. The lowest BCUT2D eigenvalue weighted by atomic mass is 10.1. The summed E-state index contributed by atoms with van der Waals surface area (Å²) < 4.78 is 18.1. The van der Waals surface area contributed by atoms with Crippen molar-refractivity contribution in [2.24, 2.45) is 4.99 Å². The van der Waals surface area contributed by atoms with Crippen molar-refractivity contribution in [3.63, 3.8) is 0 Å². The van der Waals surface area contributed by atoms with Crippen molar-refractivity contribution in [3.05, 3.63) is 112 Å². The molecular weight excluding hydrogens is 494 g/mol. The molecule has 4 aromatic carbocycles. The van der Waals surface area contributed by atoms with E-state index in [1.165, 1.54) is 0 Å². The van der Waals surface area contributed by atoms with Crippen LogP contribution in [0.2, 0.25) is 0 Å². The Morgan fingerprint density at radius 2 is 1.74 bits per heavy atom. The number of halogens is 1. The summed E-state index contributed by atoms with van der Waals surface area (Å²) in [5.41, 5.74) is 2.60. The monoisotopic (exact) mass is 513 g/mol. The molecule has 0 atom stereocenters. The molecule has 0 unspecified atom stereocenters. The van der Waals surface area contributed by atoms with Crippen LogP contribution in [0, 0.1) is 0 Å². The normalized spacial score (nSPS) is 14.2. The standard InChI is InChI=1S/C28H20BrNO4/c1-32-25-12-6-10-20(26(25)33-17-22-9-4-5-11-23(22)29)16-24-28(31)34-27(30-24)21-14-13-18-7-2-3-8-19(18)15-21/h2-16H,17H2,1H3/b24-16-. The summed E-state index contributed by atoms with van der Waals surface area (Å²) in [4.78, 5) is 17.1. The van der Waals surface area contributed by atoms with Crippen molar-refractivity contribution in [2.75, 3.05) is 7.11 Å². The molecule has 0 spiro atoms. The number of para-hydroxylation sites is 1. The molecule has 0 bridgehead atoms. The van der Waals surface area contributed by atoms with Gasteiger partial charge in [-0.1, -0.05) is 76.6 Å². The van der Waals surface area contributed by atoms with Crippen molar-refractivity contribution in [3.8, 4) is 11.5 Å². The lowest BCUT2D eigenvalue weighted by Crippen LogP contribution is -2.05. The SMILES string of the molecule is COc1cccc(/C=C2\N=C(c3ccc4ccccc4c3)OC2=O)c1OCc1ccccc1Br. The van der Waals surface area contributed by atoms with E-state index in [4.69, 9.17) is 14.2 Å². The topological polar surface area (TPSA) is 57.1 Å². The summed E-state index contributed by atoms with van der Waals surface area (Å²) in [6.45, 7) is 0.327. The Labute approximate surface area is 205 Å². The molecule has 0 aliphatic carbocycles. The van der Waals surface area contributed by atoms with Crippen LogP contribution in [-0.4, -0.2) is 19.0 Å². The number of carbonyl (C=O) groups is 1. The maximum absolute atomic E-state index is 12.6. The fourth-order valence-electron chi connectivity index (χ4n) is 3.73. The predicted octanol–water partition coefficient (Wildman–Crippen LogP) is 6.53. The van der Waals surface area contributed by atoms with Crippen molar-refractivity contribution in [2.45, 2.75) is 6.61 Å². The third-order valence-electron chi connectivity index (χ3n) is 5.47. The van der Waals surface area contributed by atoms with Crippen LogP contribution in [0.15, 0.2) is 100 Å². The van der Waals surface area contributed by atoms with Gasteiger partial charge in [-0.25, -0.2) is 9.79 Å². The van der Waals surface area contributed by atoms with Crippen LogP contribution in [0.1, 0.15) is 16.7 Å². The Morgan fingerprint density at radius 1 is 0.941 bits per heavy atom. The van der Waals surface area contributed by atoms with Crippen LogP contribution >= 0.6 is 15.9 Å². The molecule has 1 aliphatic rings. The van der Waals surface area contributed by atoms with E-state index >= 15 is 0 Å². The Morgan fingerprint density at radius 3 is 2.56 bits per heavy atom. The van der Waals surface area contributed by atoms with Gasteiger partial charge in [0, 0.05) is 21.2 Å². The van der Waals surface area contributed by atoms with E-state index in [-0.39, 0.29) is 11.6 Å². The van der Waals surface area contributed by atoms with Gasteiger partial charge in [0.1, 0.15) is 6.61 Å². The first-order valence-electron chi connectivity index (χ1n) is 10.7. The van der Waals surface area contributed by atoms with Crippen molar-refractivity contribution >= 4 is 44.6 Å². The first kappa shape index (κ1) is 21.9. The fourth-order valence-corrected chi connectivity index (χ4v) is 4.13. The van der Waals surface area contributed by atoms with Gasteiger partial charge in [0.2, 0.25) is 5.90 Å². The van der Waals surface area contributed by atoms with Gasteiger partial charge in [0.05, 0.1) is 7.11 Å². The summed E-state index contributed by atoms with van der Waals surface area (Å²) in [6, 6.07) is 27.2. The Hall–Kier alpha value is -3.90. The molecule has 1 heterocycles. The number of ether oxygens (including phenoxy) is 3. The Balaban J connectivity index is 1.48. The zero-order valence-electron chi connectivity index (χ0n) is 18.3. The maximum Gasteiger partial charge on any atom is 0.363 e. The van der Waals surface area contributed by atoms with Crippen LogP contribution in [0.25, 0.3) is 16.8 Å². The summed E-state index contributed by atoms with van der Waals surface area (Å²) in [5.74, 6) is 0.852. The highest BCUT2D eigenvalue weighted by Crippen LogP contribution is 2.35. The van der Waals surface area contributed by atoms with Gasteiger partial charge in [-0.05, 0) is 41.1 Å². The second-order valence-corrected chi connectivity index (χ2v) is 8.51. The quantitative estimate of drug-likeness (QED) is 0.217. The summed E-state index contributed by atoms with van der Waals surface area (Å²) in [6.07, 6.45) is 1.66. The van der Waals surface area contributed by atoms with Gasteiger partial charge in [-0.15, -0.1) is 0 Å². The lowest BCUT2D eigenvalue weighted by molar-refractivity contribution is -0.129. The average Bonchev–Trinajstić information content (AvgIpc) is 3.23. The Bertz CT molecular complexity index is 1460. The molecule has 0 saturated carbocycles. The van der Waals surface area contributed by atoms with E-state index in [0.29, 0.717) is 23.7 Å². The lowest BCUT2D eigenvalue weighted by Gasteiger charge is -2.14. The molecule has 4 aromatic rings. The van der Waals surface area contributed by atoms with E-state index in [9.17, 15) is 4.79 Å². The molecule has 0 amide bonds. The van der Waals surface area contributed by atoms with Gasteiger partial charge in [0.25, 0.3) is 0 Å². The number of hydrogen-bond acceptors (Lipinski definition) is 5. The molecule has 0 aromatic heterocycles. The fraction of sp³-hybridized carbons (Fsp3) is 0.0714. The van der Waals surface area contributed by atoms with E-state index in [1.54, 1.807) is 13.2 Å². The highest BCUT2D eigenvalue weighted by Gasteiger charge is 2.25. The number of methoxy groups -OCH3 is 1. The molecule has 5 rings (SSSR count). The molecule has 168 valence electrons. The maximum atomic E-state index is 12.6. The van der Waals surface area contributed by atoms with Gasteiger partial charge < -0.3 is 14.2 Å². The third-order valence-corrected chi connectivity index (χ3v) is 6.24. The van der Waals surface area contributed by atoms with Gasteiger partial charge in [0.15, 0.2) is 17.2 Å². The number of esters is 1. The van der Waals surface area contributed by atoms with Gasteiger partial charge in [-0.2, -0.15) is 0 Å². The van der Waals surface area contributed by atoms with Gasteiger partial charge >= 0.3 is 5.97 Å². The number of cyclic esters (lactones) is 1. The van der Waals surface area contributed by atoms with Crippen LogP contribution < -0.4 is 9.47 Å². The summed E-state index contributed by atoms with van der Waals surface area (Å²) >= 11 is 3.54. The number of aliphatic imine (C=N–C) groups is 1. The van der Waals surface area contributed by atoms with Crippen LogP contribution in [-0.2, 0) is 16.1 Å². The van der Waals surface area contributed by atoms with Crippen molar-refractivity contribution in [1.29, 1.82) is 0 Å². The average molecular weight is 514 g/mol. The molecule has 5 nitrogen and oxygen atoms in total. The number of rotatable bonds is 6. The Kier molecular flexibility index (Phi) is 6.14. The molecule has 0 fully saturated rings. The minimum Gasteiger partial charge on any atom is -0.493 e. The molecule has 0 N–H and O–H groups in total. The highest BCUT2D eigenvalue weighted by molar-refractivity contribution is 9.10. The van der Waals surface area contributed by atoms with E-state index in [2.05, 4.69) is 20.9 Å². The number of nitrogens with zero attached hydrogens (tertiary/aromatic N) is 1. The number of hydrogen-bond donors (Lipinski definition) is 0. The molecular formula is C28H20BrNO4. The molecule has 0 saturated heterocycles.